The SMILES string of the molecule is CS(=O)(=O)N1CCN(C(=O)Cn2cc(CCN)nn2)CC1. The highest BCUT2D eigenvalue weighted by Crippen LogP contribution is 2.07. The Bertz CT molecular complexity index is 591. The number of rotatable bonds is 5. The third kappa shape index (κ3) is 4.22. The van der Waals surface area contributed by atoms with Gasteiger partial charge in [-0.2, -0.15) is 4.31 Å². The standard InChI is InChI=1S/C11H20N6O3S/c1-21(19,20)17-6-4-15(5-7-17)11(18)9-16-8-10(2-3-12)13-14-16/h8H,2-7,9,12H2,1H3. The van der Waals surface area contributed by atoms with Gasteiger partial charge < -0.3 is 10.6 Å². The second kappa shape index (κ2) is 6.50. The molecule has 2 heterocycles. The van der Waals surface area contributed by atoms with Gasteiger partial charge in [0.15, 0.2) is 0 Å². The largest absolute Gasteiger partial charge is 0.338 e. The van der Waals surface area contributed by atoms with Gasteiger partial charge in [-0.15, -0.1) is 5.10 Å². The number of carbonyl (C=O) groups excluding carboxylic acids is 1. The average Bonchev–Trinajstić information content (AvgIpc) is 2.86. The van der Waals surface area contributed by atoms with Gasteiger partial charge in [0.25, 0.3) is 0 Å². The summed E-state index contributed by atoms with van der Waals surface area (Å²) in [5, 5.41) is 7.80. The summed E-state index contributed by atoms with van der Waals surface area (Å²) in [6, 6.07) is 0. The van der Waals surface area contributed by atoms with Crippen molar-refractivity contribution in [2.45, 2.75) is 13.0 Å². The summed E-state index contributed by atoms with van der Waals surface area (Å²) in [7, 11) is -3.18. The zero-order valence-electron chi connectivity index (χ0n) is 12.0. The van der Waals surface area contributed by atoms with Gasteiger partial charge in [-0.1, -0.05) is 5.21 Å². The lowest BCUT2D eigenvalue weighted by Crippen LogP contribution is -2.51. The first-order chi connectivity index (χ1) is 9.90. The number of piperazine rings is 1. The summed E-state index contributed by atoms with van der Waals surface area (Å²) in [4.78, 5) is 13.8. The van der Waals surface area contributed by atoms with Crippen molar-refractivity contribution >= 4 is 15.9 Å². The van der Waals surface area contributed by atoms with Gasteiger partial charge in [0.2, 0.25) is 15.9 Å². The summed E-state index contributed by atoms with van der Waals surface area (Å²) in [6.45, 7) is 2.06. The van der Waals surface area contributed by atoms with Crippen LogP contribution in [0.25, 0.3) is 0 Å². The third-order valence-electron chi connectivity index (χ3n) is 3.34. The molecule has 0 aliphatic carbocycles. The molecule has 0 radical (unpaired) electrons. The summed E-state index contributed by atoms with van der Waals surface area (Å²) in [5.41, 5.74) is 6.19. The Balaban J connectivity index is 1.87. The number of nitrogens with zero attached hydrogens (tertiary/aromatic N) is 5. The van der Waals surface area contributed by atoms with Crippen molar-refractivity contribution in [3.8, 4) is 0 Å². The number of hydrogen-bond acceptors (Lipinski definition) is 6. The Labute approximate surface area is 123 Å². The second-order valence-electron chi connectivity index (χ2n) is 4.99. The molecular weight excluding hydrogens is 296 g/mol. The van der Waals surface area contributed by atoms with Crippen molar-refractivity contribution in [3.05, 3.63) is 11.9 Å². The van der Waals surface area contributed by atoms with Crippen LogP contribution >= 0.6 is 0 Å². The predicted molar refractivity (Wildman–Crippen MR) is 75.8 cm³/mol. The highest BCUT2D eigenvalue weighted by molar-refractivity contribution is 7.88. The van der Waals surface area contributed by atoms with E-state index in [0.29, 0.717) is 39.1 Å². The highest BCUT2D eigenvalue weighted by atomic mass is 32.2. The van der Waals surface area contributed by atoms with Crippen molar-refractivity contribution in [2.24, 2.45) is 5.73 Å². The predicted octanol–water partition coefficient (Wildman–Crippen LogP) is -2.12. The third-order valence-corrected chi connectivity index (χ3v) is 4.65. The Morgan fingerprint density at radius 2 is 2.00 bits per heavy atom. The quantitative estimate of drug-likeness (QED) is 0.664. The Hall–Kier alpha value is -1.52. The van der Waals surface area contributed by atoms with Gasteiger partial charge in [-0.25, -0.2) is 13.1 Å². The van der Waals surface area contributed by atoms with Crippen molar-refractivity contribution in [3.63, 3.8) is 0 Å². The molecule has 2 rings (SSSR count). The van der Waals surface area contributed by atoms with Crippen LogP contribution in [0.2, 0.25) is 0 Å². The van der Waals surface area contributed by atoms with Crippen LogP contribution in [-0.2, 0) is 27.8 Å². The molecule has 1 aliphatic rings. The van der Waals surface area contributed by atoms with E-state index < -0.39 is 10.0 Å². The fourth-order valence-corrected chi connectivity index (χ4v) is 3.01. The van der Waals surface area contributed by atoms with Gasteiger partial charge in [-0.3, -0.25) is 4.79 Å². The molecule has 1 aromatic heterocycles. The van der Waals surface area contributed by atoms with E-state index in [1.165, 1.54) is 15.2 Å². The molecule has 9 nitrogen and oxygen atoms in total. The smallest absolute Gasteiger partial charge is 0.244 e. The Kier molecular flexibility index (Phi) is 4.91. The average molecular weight is 316 g/mol. The van der Waals surface area contributed by atoms with Gasteiger partial charge in [0, 0.05) is 38.8 Å². The second-order valence-corrected chi connectivity index (χ2v) is 6.97. The van der Waals surface area contributed by atoms with Gasteiger partial charge in [-0.05, 0) is 6.54 Å². The number of amides is 1. The molecule has 0 atom stereocenters. The normalized spacial score (nSPS) is 17.1. The summed E-state index contributed by atoms with van der Waals surface area (Å²) < 4.78 is 25.7. The number of carbonyl (C=O) groups is 1. The van der Waals surface area contributed by atoms with Crippen molar-refractivity contribution in [1.82, 2.24) is 24.2 Å². The Morgan fingerprint density at radius 3 is 2.57 bits per heavy atom. The van der Waals surface area contributed by atoms with Crippen molar-refractivity contribution < 1.29 is 13.2 Å². The van der Waals surface area contributed by atoms with Crippen LogP contribution in [-0.4, -0.2) is 77.5 Å². The van der Waals surface area contributed by atoms with E-state index in [2.05, 4.69) is 10.3 Å². The van der Waals surface area contributed by atoms with E-state index >= 15 is 0 Å². The molecule has 21 heavy (non-hydrogen) atoms. The van der Waals surface area contributed by atoms with Crippen molar-refractivity contribution in [1.29, 1.82) is 0 Å². The molecule has 1 aliphatic heterocycles. The van der Waals surface area contributed by atoms with Crippen LogP contribution in [0.1, 0.15) is 5.69 Å². The van der Waals surface area contributed by atoms with E-state index in [1.807, 2.05) is 0 Å². The first-order valence-electron chi connectivity index (χ1n) is 6.72. The lowest BCUT2D eigenvalue weighted by molar-refractivity contribution is -0.133. The zero-order chi connectivity index (χ0) is 15.5. The van der Waals surface area contributed by atoms with Gasteiger partial charge in [0.05, 0.1) is 11.9 Å². The fraction of sp³-hybridized carbons (Fsp3) is 0.727. The van der Waals surface area contributed by atoms with E-state index in [4.69, 9.17) is 5.73 Å². The molecule has 118 valence electrons. The van der Waals surface area contributed by atoms with Gasteiger partial charge >= 0.3 is 0 Å². The maximum absolute atomic E-state index is 12.1. The summed E-state index contributed by atoms with van der Waals surface area (Å²) in [5.74, 6) is -0.0904. The maximum Gasteiger partial charge on any atom is 0.244 e. The number of nitrogens with two attached hydrogens (primary N) is 1. The molecule has 1 fully saturated rings. The number of hydrogen-bond donors (Lipinski definition) is 1. The Morgan fingerprint density at radius 1 is 1.33 bits per heavy atom. The minimum Gasteiger partial charge on any atom is -0.338 e. The maximum atomic E-state index is 12.1. The molecule has 10 heteroatoms. The minimum absolute atomic E-state index is 0.0904. The molecule has 1 aromatic rings. The molecule has 1 saturated heterocycles. The molecule has 0 bridgehead atoms. The lowest BCUT2D eigenvalue weighted by atomic mass is 10.3. The zero-order valence-corrected chi connectivity index (χ0v) is 12.8. The van der Waals surface area contributed by atoms with Gasteiger partial charge in [0.1, 0.15) is 6.54 Å². The van der Waals surface area contributed by atoms with Crippen molar-refractivity contribution in [2.75, 3.05) is 39.0 Å². The molecular formula is C11H20N6O3S. The fourth-order valence-electron chi connectivity index (χ4n) is 2.19. The van der Waals surface area contributed by atoms with Crippen LogP contribution in [0.4, 0.5) is 0 Å². The van der Waals surface area contributed by atoms with E-state index in [-0.39, 0.29) is 12.5 Å². The van der Waals surface area contributed by atoms with Crippen LogP contribution in [0.15, 0.2) is 6.20 Å². The summed E-state index contributed by atoms with van der Waals surface area (Å²) in [6.07, 6.45) is 3.51. The van der Waals surface area contributed by atoms with Crippen LogP contribution < -0.4 is 5.73 Å². The van der Waals surface area contributed by atoms with E-state index in [9.17, 15) is 13.2 Å². The first-order valence-corrected chi connectivity index (χ1v) is 8.57. The van der Waals surface area contributed by atoms with Crippen LogP contribution in [0, 0.1) is 0 Å². The first kappa shape index (κ1) is 15.9. The number of sulfonamides is 1. The molecule has 0 unspecified atom stereocenters. The molecule has 2 N–H and O–H groups in total. The molecule has 0 saturated carbocycles. The monoisotopic (exact) mass is 316 g/mol. The van der Waals surface area contributed by atoms with Crippen LogP contribution in [0.5, 0.6) is 0 Å². The molecule has 0 aromatic carbocycles. The lowest BCUT2D eigenvalue weighted by Gasteiger charge is -2.33. The van der Waals surface area contributed by atoms with E-state index in [0.717, 1.165) is 5.69 Å². The number of aromatic nitrogens is 3. The van der Waals surface area contributed by atoms with Crippen LogP contribution in [0.3, 0.4) is 0 Å². The topological polar surface area (TPSA) is 114 Å². The molecule has 0 spiro atoms. The minimum atomic E-state index is -3.18. The summed E-state index contributed by atoms with van der Waals surface area (Å²) >= 11 is 0. The molecule has 1 amide bonds. The van der Waals surface area contributed by atoms with E-state index in [1.54, 1.807) is 11.1 Å². The highest BCUT2D eigenvalue weighted by Gasteiger charge is 2.26.